The van der Waals surface area contributed by atoms with Gasteiger partial charge in [-0.15, -0.1) is 0 Å². The molecule has 0 aromatic heterocycles. The zero-order chi connectivity index (χ0) is 16.4. The van der Waals surface area contributed by atoms with Gasteiger partial charge in [0.25, 0.3) is 5.91 Å². The zero-order valence-corrected chi connectivity index (χ0v) is 13.3. The molecule has 0 fully saturated rings. The number of amides is 1. The average Bonchev–Trinajstić information content (AvgIpc) is 2.54. The van der Waals surface area contributed by atoms with Crippen LogP contribution in [0.1, 0.15) is 20.3 Å². The third kappa shape index (κ3) is 6.03. The molecule has 0 aliphatic carbocycles. The summed E-state index contributed by atoms with van der Waals surface area (Å²) in [7, 11) is 1.33. The summed E-state index contributed by atoms with van der Waals surface area (Å²) in [6.07, 6.45) is 0.180. The van der Waals surface area contributed by atoms with Crippen LogP contribution in [0.3, 0.4) is 0 Å². The second-order valence-electron chi connectivity index (χ2n) is 4.49. The van der Waals surface area contributed by atoms with Crippen molar-refractivity contribution < 1.29 is 23.8 Å². The summed E-state index contributed by atoms with van der Waals surface area (Å²) >= 11 is 0. The minimum Gasteiger partial charge on any atom is -0.494 e. The number of ether oxygens (including phenoxy) is 3. The molecule has 0 unspecified atom stereocenters. The van der Waals surface area contributed by atoms with Gasteiger partial charge < -0.3 is 19.1 Å². The van der Waals surface area contributed by atoms with Crippen LogP contribution >= 0.6 is 0 Å². The van der Waals surface area contributed by atoms with Gasteiger partial charge in [-0.05, 0) is 38.1 Å². The highest BCUT2D eigenvalue weighted by atomic mass is 16.5. The van der Waals surface area contributed by atoms with Crippen molar-refractivity contribution in [3.8, 4) is 11.5 Å². The van der Waals surface area contributed by atoms with Gasteiger partial charge in [0.15, 0.2) is 6.61 Å². The van der Waals surface area contributed by atoms with Gasteiger partial charge in [-0.3, -0.25) is 9.59 Å². The highest BCUT2D eigenvalue weighted by molar-refractivity contribution is 5.78. The molecule has 0 saturated carbocycles. The molecule has 1 aromatic carbocycles. The molecule has 0 radical (unpaired) electrons. The van der Waals surface area contributed by atoms with Crippen molar-refractivity contribution in [3.63, 3.8) is 0 Å². The SMILES string of the molecule is CCOc1ccc(OCC(=O)N(CC)CCC(=O)OC)cc1. The lowest BCUT2D eigenvalue weighted by molar-refractivity contribution is -0.142. The normalized spacial score (nSPS) is 9.95. The van der Waals surface area contributed by atoms with Gasteiger partial charge in [0.1, 0.15) is 11.5 Å². The van der Waals surface area contributed by atoms with E-state index in [0.717, 1.165) is 5.75 Å². The highest BCUT2D eigenvalue weighted by Gasteiger charge is 2.14. The first kappa shape index (κ1) is 17.8. The summed E-state index contributed by atoms with van der Waals surface area (Å²) in [4.78, 5) is 24.7. The molecule has 1 amide bonds. The molecule has 0 bridgehead atoms. The Hall–Kier alpha value is -2.24. The first-order valence-electron chi connectivity index (χ1n) is 7.30. The quantitative estimate of drug-likeness (QED) is 0.652. The summed E-state index contributed by atoms with van der Waals surface area (Å²) in [6.45, 7) is 5.15. The lowest BCUT2D eigenvalue weighted by Gasteiger charge is -2.20. The molecule has 6 heteroatoms. The Labute approximate surface area is 131 Å². The third-order valence-electron chi connectivity index (χ3n) is 3.04. The number of carbonyl (C=O) groups excluding carboxylic acids is 2. The Morgan fingerprint density at radius 2 is 1.64 bits per heavy atom. The van der Waals surface area contributed by atoms with Gasteiger partial charge in [-0.1, -0.05) is 0 Å². The molecular weight excluding hydrogens is 286 g/mol. The van der Waals surface area contributed by atoms with Crippen molar-refractivity contribution in [2.24, 2.45) is 0 Å². The Morgan fingerprint density at radius 3 is 2.14 bits per heavy atom. The fourth-order valence-corrected chi connectivity index (χ4v) is 1.82. The summed E-state index contributed by atoms with van der Waals surface area (Å²) < 4.78 is 15.4. The minimum absolute atomic E-state index is 0.0665. The third-order valence-corrected chi connectivity index (χ3v) is 3.04. The zero-order valence-electron chi connectivity index (χ0n) is 13.3. The predicted molar refractivity (Wildman–Crippen MR) is 82.0 cm³/mol. The molecule has 0 aliphatic rings. The molecular formula is C16H23NO5. The molecule has 0 saturated heterocycles. The van der Waals surface area contributed by atoms with Crippen molar-refractivity contribution in [1.29, 1.82) is 0 Å². The standard InChI is InChI=1S/C16H23NO5/c1-4-17(11-10-16(19)20-3)15(18)12-22-14-8-6-13(7-9-14)21-5-2/h6-9H,4-5,10-12H2,1-3H3. The predicted octanol–water partition coefficient (Wildman–Crippen LogP) is 1.88. The van der Waals surface area contributed by atoms with E-state index in [1.807, 2.05) is 13.8 Å². The van der Waals surface area contributed by atoms with Crippen LogP contribution in [0.2, 0.25) is 0 Å². The Balaban J connectivity index is 2.43. The minimum atomic E-state index is -0.335. The van der Waals surface area contributed by atoms with Crippen molar-refractivity contribution >= 4 is 11.9 Å². The first-order chi connectivity index (χ1) is 10.6. The number of esters is 1. The number of carbonyl (C=O) groups is 2. The summed E-state index contributed by atoms with van der Waals surface area (Å²) in [5.41, 5.74) is 0. The van der Waals surface area contributed by atoms with Gasteiger partial charge in [0, 0.05) is 13.1 Å². The smallest absolute Gasteiger partial charge is 0.307 e. The van der Waals surface area contributed by atoms with Crippen LogP contribution < -0.4 is 9.47 Å². The lowest BCUT2D eigenvalue weighted by atomic mass is 10.3. The van der Waals surface area contributed by atoms with Crippen molar-refractivity contribution in [1.82, 2.24) is 4.90 Å². The molecule has 22 heavy (non-hydrogen) atoms. The Bertz CT molecular complexity index is 472. The number of nitrogens with zero attached hydrogens (tertiary/aromatic N) is 1. The maximum Gasteiger partial charge on any atom is 0.307 e. The van der Waals surface area contributed by atoms with E-state index in [1.54, 1.807) is 29.2 Å². The Kier molecular flexibility index (Phi) is 7.81. The topological polar surface area (TPSA) is 65.1 Å². The van der Waals surface area contributed by atoms with Gasteiger partial charge in [0.05, 0.1) is 20.1 Å². The molecule has 0 atom stereocenters. The number of methoxy groups -OCH3 is 1. The number of rotatable bonds is 9. The van der Waals surface area contributed by atoms with Crippen LogP contribution in [0, 0.1) is 0 Å². The maximum absolute atomic E-state index is 12.0. The summed E-state index contributed by atoms with van der Waals surface area (Å²) in [5.74, 6) is 0.856. The van der Waals surface area contributed by atoms with Crippen molar-refractivity contribution in [3.05, 3.63) is 24.3 Å². The number of likely N-dealkylation sites (N-methyl/N-ethyl adjacent to an activating group) is 1. The van der Waals surface area contributed by atoms with Crippen LogP contribution in [-0.2, 0) is 14.3 Å². The van der Waals surface area contributed by atoms with Gasteiger partial charge >= 0.3 is 5.97 Å². The van der Waals surface area contributed by atoms with E-state index >= 15 is 0 Å². The summed E-state index contributed by atoms with van der Waals surface area (Å²) in [5, 5.41) is 0. The molecule has 0 aliphatic heterocycles. The van der Waals surface area contributed by atoms with E-state index in [-0.39, 0.29) is 24.9 Å². The molecule has 1 aromatic rings. The molecule has 6 nitrogen and oxygen atoms in total. The van der Waals surface area contributed by atoms with E-state index in [4.69, 9.17) is 9.47 Å². The fourth-order valence-electron chi connectivity index (χ4n) is 1.82. The van der Waals surface area contributed by atoms with E-state index < -0.39 is 0 Å². The Morgan fingerprint density at radius 1 is 1.05 bits per heavy atom. The second kappa shape index (κ2) is 9.65. The maximum atomic E-state index is 12.0. The molecule has 122 valence electrons. The number of hydrogen-bond donors (Lipinski definition) is 0. The van der Waals surface area contributed by atoms with Gasteiger partial charge in [0.2, 0.25) is 0 Å². The van der Waals surface area contributed by atoms with Crippen molar-refractivity contribution in [2.45, 2.75) is 20.3 Å². The van der Waals surface area contributed by atoms with Crippen LogP contribution in [0.5, 0.6) is 11.5 Å². The number of hydrogen-bond acceptors (Lipinski definition) is 5. The van der Waals surface area contributed by atoms with E-state index in [0.29, 0.717) is 25.4 Å². The van der Waals surface area contributed by atoms with Crippen molar-refractivity contribution in [2.75, 3.05) is 33.4 Å². The summed E-state index contributed by atoms with van der Waals surface area (Å²) in [6, 6.07) is 7.09. The lowest BCUT2D eigenvalue weighted by Crippen LogP contribution is -2.36. The molecule has 0 heterocycles. The van der Waals surface area contributed by atoms with E-state index in [9.17, 15) is 9.59 Å². The molecule has 0 N–H and O–H groups in total. The van der Waals surface area contributed by atoms with Crippen LogP contribution in [-0.4, -0.2) is 50.2 Å². The first-order valence-corrected chi connectivity index (χ1v) is 7.30. The number of benzene rings is 1. The largest absolute Gasteiger partial charge is 0.494 e. The second-order valence-corrected chi connectivity index (χ2v) is 4.49. The van der Waals surface area contributed by atoms with E-state index in [2.05, 4.69) is 4.74 Å². The van der Waals surface area contributed by atoms with Gasteiger partial charge in [-0.25, -0.2) is 0 Å². The fraction of sp³-hybridized carbons (Fsp3) is 0.500. The molecule has 0 spiro atoms. The van der Waals surface area contributed by atoms with Gasteiger partial charge in [-0.2, -0.15) is 0 Å². The van der Waals surface area contributed by atoms with Crippen LogP contribution in [0.4, 0.5) is 0 Å². The van der Waals surface area contributed by atoms with E-state index in [1.165, 1.54) is 7.11 Å². The highest BCUT2D eigenvalue weighted by Crippen LogP contribution is 2.17. The van der Waals surface area contributed by atoms with Crippen LogP contribution in [0.25, 0.3) is 0 Å². The monoisotopic (exact) mass is 309 g/mol. The molecule has 1 rings (SSSR count). The van der Waals surface area contributed by atoms with Crippen LogP contribution in [0.15, 0.2) is 24.3 Å². The average molecular weight is 309 g/mol.